The zero-order valence-electron chi connectivity index (χ0n) is 21.8. The summed E-state index contributed by atoms with van der Waals surface area (Å²) in [6.45, 7) is 0.320. The van der Waals surface area contributed by atoms with Gasteiger partial charge in [0.15, 0.2) is 17.3 Å². The molecule has 2 heterocycles. The molecule has 0 aliphatic heterocycles. The van der Waals surface area contributed by atoms with E-state index in [9.17, 15) is 4.79 Å². The quantitative estimate of drug-likeness (QED) is 0.151. The number of ether oxygens (including phenoxy) is 2. The lowest BCUT2D eigenvalue weighted by Gasteiger charge is -2.14. The fourth-order valence-electron chi connectivity index (χ4n) is 4.38. The van der Waals surface area contributed by atoms with Crippen molar-refractivity contribution in [1.82, 2.24) is 9.66 Å². The Bertz CT molecular complexity index is 2070. The molecule has 0 fully saturated rings. The molecule has 7 nitrogen and oxygen atoms in total. The van der Waals surface area contributed by atoms with E-state index in [4.69, 9.17) is 30.5 Å². The van der Waals surface area contributed by atoms with E-state index in [0.717, 1.165) is 19.9 Å². The van der Waals surface area contributed by atoms with Crippen molar-refractivity contribution in [3.05, 3.63) is 119 Å². The molecule has 0 N–H and O–H groups in total. The standard InChI is InChI=1S/C31H19Br3ClN3O4/c1-40-27-11-17(10-24(34)29(27)41-16-18-6-7-20(32)14-23(18)33)15-36-38-30(37-25-5-3-2-4-22(25)31(38)39)28-13-19-12-21(35)8-9-26(19)42-28/h2-15H,16H2,1H3. The predicted molar refractivity (Wildman–Crippen MR) is 176 cm³/mol. The van der Waals surface area contributed by atoms with Gasteiger partial charge in [-0.15, -0.1) is 0 Å². The number of benzene rings is 4. The average molecular weight is 773 g/mol. The zero-order valence-corrected chi connectivity index (χ0v) is 27.3. The van der Waals surface area contributed by atoms with E-state index in [1.807, 2.05) is 30.3 Å². The normalized spacial score (nSPS) is 11.5. The number of para-hydroxylation sites is 1. The van der Waals surface area contributed by atoms with E-state index in [-0.39, 0.29) is 11.4 Å². The van der Waals surface area contributed by atoms with Gasteiger partial charge in [0.1, 0.15) is 12.2 Å². The van der Waals surface area contributed by atoms with E-state index in [2.05, 4.69) is 52.9 Å². The number of fused-ring (bicyclic) bond motifs is 2. The van der Waals surface area contributed by atoms with Gasteiger partial charge in [0.25, 0.3) is 5.56 Å². The van der Waals surface area contributed by atoms with Crippen LogP contribution in [0.2, 0.25) is 5.02 Å². The van der Waals surface area contributed by atoms with Gasteiger partial charge >= 0.3 is 0 Å². The van der Waals surface area contributed by atoms with Crippen molar-refractivity contribution in [2.24, 2.45) is 5.10 Å². The van der Waals surface area contributed by atoms with Crippen LogP contribution in [0.15, 0.2) is 107 Å². The lowest BCUT2D eigenvalue weighted by Crippen LogP contribution is -2.20. The monoisotopic (exact) mass is 769 g/mol. The molecule has 0 amide bonds. The van der Waals surface area contributed by atoms with Crippen LogP contribution < -0.4 is 15.0 Å². The summed E-state index contributed by atoms with van der Waals surface area (Å²) in [4.78, 5) is 18.3. The molecule has 0 bridgehead atoms. The third-order valence-corrected chi connectivity index (χ3v) is 8.47. The fourth-order valence-corrected chi connectivity index (χ4v) is 6.30. The zero-order chi connectivity index (χ0) is 29.4. The molecule has 6 aromatic rings. The minimum absolute atomic E-state index is 0.258. The maximum absolute atomic E-state index is 13.6. The molecule has 0 saturated heterocycles. The highest BCUT2D eigenvalue weighted by molar-refractivity contribution is 9.11. The first-order chi connectivity index (χ1) is 20.3. The van der Waals surface area contributed by atoms with E-state index in [1.165, 1.54) is 4.68 Å². The van der Waals surface area contributed by atoms with Gasteiger partial charge in [-0.3, -0.25) is 4.79 Å². The molecule has 210 valence electrons. The van der Waals surface area contributed by atoms with Crippen molar-refractivity contribution in [1.29, 1.82) is 0 Å². The number of furan rings is 1. The minimum Gasteiger partial charge on any atom is -0.493 e. The van der Waals surface area contributed by atoms with Crippen LogP contribution in [0.3, 0.4) is 0 Å². The summed E-state index contributed by atoms with van der Waals surface area (Å²) in [7, 11) is 1.56. The van der Waals surface area contributed by atoms with Crippen molar-refractivity contribution in [3.8, 4) is 23.1 Å². The Morgan fingerprint density at radius 3 is 2.64 bits per heavy atom. The number of aromatic nitrogens is 2. The molecule has 0 aliphatic carbocycles. The number of methoxy groups -OCH3 is 1. The van der Waals surface area contributed by atoms with Crippen molar-refractivity contribution in [3.63, 3.8) is 0 Å². The van der Waals surface area contributed by atoms with Crippen LogP contribution in [0.25, 0.3) is 33.5 Å². The average Bonchev–Trinajstić information content (AvgIpc) is 3.39. The number of hydrogen-bond acceptors (Lipinski definition) is 6. The lowest BCUT2D eigenvalue weighted by atomic mass is 10.2. The molecular formula is C31H19Br3ClN3O4. The molecule has 11 heteroatoms. The first-order valence-electron chi connectivity index (χ1n) is 12.5. The fraction of sp³-hybridized carbons (Fsp3) is 0.0645. The smallest absolute Gasteiger partial charge is 0.282 e. The van der Waals surface area contributed by atoms with Gasteiger partial charge < -0.3 is 13.9 Å². The third-order valence-electron chi connectivity index (χ3n) is 6.41. The summed E-state index contributed by atoms with van der Waals surface area (Å²) in [5.41, 5.74) is 2.45. The molecule has 0 radical (unpaired) electrons. The van der Waals surface area contributed by atoms with Crippen molar-refractivity contribution in [2.75, 3.05) is 7.11 Å². The number of rotatable bonds is 7. The van der Waals surface area contributed by atoms with Crippen LogP contribution in [0.5, 0.6) is 11.5 Å². The SMILES string of the molecule is COc1cc(C=Nn2c(-c3cc4cc(Cl)ccc4o3)nc3ccccc3c2=O)cc(Br)c1OCc1ccc(Br)cc1Br. The van der Waals surface area contributed by atoms with Crippen LogP contribution in [-0.4, -0.2) is 23.0 Å². The van der Waals surface area contributed by atoms with Gasteiger partial charge in [-0.05, 0) is 82.2 Å². The van der Waals surface area contributed by atoms with Gasteiger partial charge in [-0.25, -0.2) is 4.98 Å². The lowest BCUT2D eigenvalue weighted by molar-refractivity contribution is 0.282. The van der Waals surface area contributed by atoms with Gasteiger partial charge in [-0.2, -0.15) is 9.78 Å². The molecule has 0 saturated carbocycles. The van der Waals surface area contributed by atoms with Crippen LogP contribution in [0.1, 0.15) is 11.1 Å². The molecule has 0 unspecified atom stereocenters. The van der Waals surface area contributed by atoms with Gasteiger partial charge in [-0.1, -0.05) is 61.7 Å². The maximum Gasteiger partial charge on any atom is 0.282 e. The van der Waals surface area contributed by atoms with Crippen LogP contribution in [-0.2, 0) is 6.61 Å². The van der Waals surface area contributed by atoms with E-state index >= 15 is 0 Å². The van der Waals surface area contributed by atoms with Crippen molar-refractivity contribution < 1.29 is 13.9 Å². The molecule has 0 atom stereocenters. The first-order valence-corrected chi connectivity index (χ1v) is 15.3. The molecule has 2 aromatic heterocycles. The first kappa shape index (κ1) is 28.7. The summed E-state index contributed by atoms with van der Waals surface area (Å²) in [6.07, 6.45) is 1.56. The second-order valence-electron chi connectivity index (χ2n) is 9.17. The van der Waals surface area contributed by atoms with Crippen molar-refractivity contribution >= 4 is 87.5 Å². The van der Waals surface area contributed by atoms with E-state index in [1.54, 1.807) is 61.9 Å². The summed E-state index contributed by atoms with van der Waals surface area (Å²) in [5.74, 6) is 1.68. The van der Waals surface area contributed by atoms with Gasteiger partial charge in [0.05, 0.1) is 28.7 Å². The maximum atomic E-state index is 13.6. The van der Waals surface area contributed by atoms with Crippen LogP contribution in [0, 0.1) is 0 Å². The van der Waals surface area contributed by atoms with E-state index < -0.39 is 0 Å². The molecular weight excluding hydrogens is 754 g/mol. The van der Waals surface area contributed by atoms with Gasteiger partial charge in [0, 0.05) is 24.9 Å². The summed E-state index contributed by atoms with van der Waals surface area (Å²) in [5, 5.41) is 6.35. The Hall–Kier alpha value is -3.44. The van der Waals surface area contributed by atoms with Crippen LogP contribution >= 0.6 is 59.4 Å². The molecule has 0 spiro atoms. The Kier molecular flexibility index (Phi) is 8.22. The molecule has 6 rings (SSSR count). The minimum atomic E-state index is -0.337. The summed E-state index contributed by atoms with van der Waals surface area (Å²) >= 11 is 16.8. The Morgan fingerprint density at radius 1 is 1.00 bits per heavy atom. The highest BCUT2D eigenvalue weighted by atomic mass is 79.9. The highest BCUT2D eigenvalue weighted by Gasteiger charge is 2.17. The second-order valence-corrected chi connectivity index (χ2v) is 12.2. The Balaban J connectivity index is 1.39. The van der Waals surface area contributed by atoms with E-state index in [0.29, 0.717) is 55.4 Å². The van der Waals surface area contributed by atoms with Crippen molar-refractivity contribution in [2.45, 2.75) is 6.61 Å². The topological polar surface area (TPSA) is 78.9 Å². The summed E-state index contributed by atoms with van der Waals surface area (Å²) in [6, 6.07) is 23.7. The Morgan fingerprint density at radius 2 is 1.83 bits per heavy atom. The predicted octanol–water partition coefficient (Wildman–Crippen LogP) is 9.22. The highest BCUT2D eigenvalue weighted by Crippen LogP contribution is 2.37. The number of hydrogen-bond donors (Lipinski definition) is 0. The molecule has 42 heavy (non-hydrogen) atoms. The van der Waals surface area contributed by atoms with Crippen LogP contribution in [0.4, 0.5) is 0 Å². The number of nitrogens with zero attached hydrogens (tertiary/aromatic N) is 3. The second kappa shape index (κ2) is 12.0. The number of halogens is 4. The Labute approximate surface area is 270 Å². The molecule has 4 aromatic carbocycles. The van der Waals surface area contributed by atoms with Gasteiger partial charge in [0.2, 0.25) is 5.82 Å². The summed E-state index contributed by atoms with van der Waals surface area (Å²) < 4.78 is 21.6. The third kappa shape index (κ3) is 5.76. The molecule has 0 aliphatic rings. The largest absolute Gasteiger partial charge is 0.493 e.